The van der Waals surface area contributed by atoms with Crippen molar-refractivity contribution in [3.05, 3.63) is 72.8 Å². The summed E-state index contributed by atoms with van der Waals surface area (Å²) in [5.74, 6) is 0. The van der Waals surface area contributed by atoms with Gasteiger partial charge in [0.1, 0.15) is 0 Å². The average Bonchev–Trinajstić information content (AvgIpc) is 3.06. The fourth-order valence-corrected chi connectivity index (χ4v) is 9.06. The van der Waals surface area contributed by atoms with Crippen molar-refractivity contribution in [2.24, 2.45) is 0 Å². The van der Waals surface area contributed by atoms with Gasteiger partial charge in [0, 0.05) is 87.3 Å². The van der Waals surface area contributed by atoms with Gasteiger partial charge in [0.15, 0.2) is 0 Å². The van der Waals surface area contributed by atoms with Gasteiger partial charge in [0.2, 0.25) is 20.0 Å². The molecular formula is C34H44N4O7S2. The van der Waals surface area contributed by atoms with Crippen LogP contribution in [0, 0.1) is 0 Å². The van der Waals surface area contributed by atoms with Gasteiger partial charge in [-0.3, -0.25) is 0 Å². The second kappa shape index (κ2) is 15.3. The molecule has 0 radical (unpaired) electrons. The van der Waals surface area contributed by atoms with Crippen LogP contribution in [0.3, 0.4) is 0 Å². The van der Waals surface area contributed by atoms with Crippen LogP contribution in [0.15, 0.2) is 82.6 Å². The number of benzene rings is 4. The highest BCUT2D eigenvalue weighted by molar-refractivity contribution is 7.89. The lowest BCUT2D eigenvalue weighted by atomic mass is 10.1. The second-order valence-corrected chi connectivity index (χ2v) is 15.5. The van der Waals surface area contributed by atoms with E-state index in [2.05, 4.69) is 0 Å². The Balaban J connectivity index is 1.36. The molecule has 0 aromatic heterocycles. The molecule has 1 fully saturated rings. The third-order valence-electron chi connectivity index (χ3n) is 8.23. The zero-order valence-corrected chi connectivity index (χ0v) is 29.1. The van der Waals surface area contributed by atoms with E-state index in [1.807, 2.05) is 86.5 Å². The standard InChI is InChI=1S/C34H44N4O7S2/c1-35(2)31-13-5-11-29-27(31)9-7-15-33(29)46(39,40)37-17-21-43-22-18-38(20-24-45-26-25-44-23-19-37)47(41,42)34-16-8-10-28-30(34)12-6-14-32(28)36(3)4/h5-16H,17-26H2,1-4H3. The van der Waals surface area contributed by atoms with Gasteiger partial charge >= 0.3 is 0 Å². The van der Waals surface area contributed by atoms with Crippen molar-refractivity contribution in [2.75, 3.05) is 104 Å². The molecule has 1 saturated heterocycles. The largest absolute Gasteiger partial charge is 0.379 e. The Morgan fingerprint density at radius 2 is 0.787 bits per heavy atom. The van der Waals surface area contributed by atoms with E-state index in [9.17, 15) is 16.8 Å². The molecule has 11 nitrogen and oxygen atoms in total. The molecule has 5 rings (SSSR count). The molecule has 254 valence electrons. The molecule has 0 bridgehead atoms. The molecule has 1 aliphatic rings. The highest BCUT2D eigenvalue weighted by atomic mass is 32.2. The van der Waals surface area contributed by atoms with Crippen molar-refractivity contribution in [3.63, 3.8) is 0 Å². The Kier molecular flexibility index (Phi) is 11.4. The zero-order valence-electron chi connectivity index (χ0n) is 27.5. The average molecular weight is 685 g/mol. The minimum absolute atomic E-state index is 0.0787. The lowest BCUT2D eigenvalue weighted by Crippen LogP contribution is -2.38. The van der Waals surface area contributed by atoms with Crippen LogP contribution in [0.25, 0.3) is 21.5 Å². The molecule has 47 heavy (non-hydrogen) atoms. The van der Waals surface area contributed by atoms with Crippen LogP contribution in [0.1, 0.15) is 0 Å². The van der Waals surface area contributed by atoms with Crippen LogP contribution in [0.2, 0.25) is 0 Å². The van der Waals surface area contributed by atoms with Crippen molar-refractivity contribution < 1.29 is 31.0 Å². The fraction of sp³-hybridized carbons (Fsp3) is 0.412. The maximum atomic E-state index is 14.1. The van der Waals surface area contributed by atoms with Crippen LogP contribution >= 0.6 is 0 Å². The van der Waals surface area contributed by atoms with Gasteiger partial charge < -0.3 is 24.0 Å². The molecule has 13 heteroatoms. The summed E-state index contributed by atoms with van der Waals surface area (Å²) < 4.78 is 76.4. The van der Waals surface area contributed by atoms with Crippen molar-refractivity contribution in [1.29, 1.82) is 0 Å². The summed E-state index contributed by atoms with van der Waals surface area (Å²) in [5, 5.41) is 2.95. The van der Waals surface area contributed by atoms with Gasteiger partial charge in [-0.05, 0) is 24.3 Å². The molecule has 4 aromatic carbocycles. The predicted octanol–water partition coefficient (Wildman–Crippen LogP) is 3.87. The Hall–Kier alpha value is -3.30. The van der Waals surface area contributed by atoms with Crippen LogP contribution in [0.5, 0.6) is 0 Å². The first-order chi connectivity index (χ1) is 22.5. The lowest BCUT2D eigenvalue weighted by Gasteiger charge is -2.25. The maximum Gasteiger partial charge on any atom is 0.243 e. The Labute approximate surface area is 278 Å². The van der Waals surface area contributed by atoms with E-state index >= 15 is 0 Å². The summed E-state index contributed by atoms with van der Waals surface area (Å²) in [6.07, 6.45) is 0. The number of rotatable bonds is 6. The van der Waals surface area contributed by atoms with Gasteiger partial charge in [-0.25, -0.2) is 16.8 Å². The molecule has 1 heterocycles. The first-order valence-corrected chi connectivity index (χ1v) is 18.5. The monoisotopic (exact) mass is 684 g/mol. The SMILES string of the molecule is CN(C)c1cccc2c(S(=O)(=O)N3CCOCCOCCN(S(=O)(=O)c4cccc5c(N(C)C)cccc45)CCOCC3)cccc12. The summed E-state index contributed by atoms with van der Waals surface area (Å²) in [6.45, 7) is 1.42. The normalized spacial score (nSPS) is 17.3. The van der Waals surface area contributed by atoms with Gasteiger partial charge in [-0.2, -0.15) is 8.61 Å². The topological polar surface area (TPSA) is 109 Å². The van der Waals surface area contributed by atoms with E-state index in [4.69, 9.17) is 14.2 Å². The number of sulfonamides is 2. The third kappa shape index (κ3) is 7.72. The smallest absolute Gasteiger partial charge is 0.243 e. The Morgan fingerprint density at radius 1 is 0.468 bits per heavy atom. The van der Waals surface area contributed by atoms with E-state index in [1.165, 1.54) is 8.61 Å². The number of hydrogen-bond donors (Lipinski definition) is 0. The van der Waals surface area contributed by atoms with Gasteiger partial charge in [0.25, 0.3) is 0 Å². The highest BCUT2D eigenvalue weighted by Gasteiger charge is 2.29. The summed E-state index contributed by atoms with van der Waals surface area (Å²) in [6, 6.07) is 21.9. The minimum atomic E-state index is -3.93. The summed E-state index contributed by atoms with van der Waals surface area (Å²) in [7, 11) is -0.165. The number of ether oxygens (including phenoxy) is 3. The quantitative estimate of drug-likeness (QED) is 0.299. The van der Waals surface area contributed by atoms with E-state index in [0.29, 0.717) is 10.8 Å². The van der Waals surface area contributed by atoms with Crippen molar-refractivity contribution in [2.45, 2.75) is 9.79 Å². The Bertz CT molecular complexity index is 1760. The highest BCUT2D eigenvalue weighted by Crippen LogP contribution is 2.33. The van der Waals surface area contributed by atoms with Crippen LogP contribution in [-0.4, -0.2) is 119 Å². The van der Waals surface area contributed by atoms with Crippen LogP contribution in [-0.2, 0) is 34.3 Å². The van der Waals surface area contributed by atoms with E-state index < -0.39 is 20.0 Å². The number of anilines is 2. The van der Waals surface area contributed by atoms with E-state index in [-0.39, 0.29) is 75.6 Å². The number of hydrogen-bond acceptors (Lipinski definition) is 9. The Morgan fingerprint density at radius 3 is 1.15 bits per heavy atom. The molecule has 0 saturated carbocycles. The first kappa shape index (κ1) is 35.0. The third-order valence-corrected chi connectivity index (χ3v) is 12.1. The van der Waals surface area contributed by atoms with Crippen LogP contribution < -0.4 is 9.80 Å². The van der Waals surface area contributed by atoms with Gasteiger partial charge in [-0.15, -0.1) is 0 Å². The van der Waals surface area contributed by atoms with Crippen LogP contribution in [0.4, 0.5) is 11.4 Å². The molecule has 0 spiro atoms. The number of fused-ring (bicyclic) bond motifs is 2. The van der Waals surface area contributed by atoms with E-state index in [0.717, 1.165) is 22.1 Å². The molecule has 1 aliphatic heterocycles. The molecule has 0 unspecified atom stereocenters. The summed E-state index contributed by atoms with van der Waals surface area (Å²) >= 11 is 0. The summed E-state index contributed by atoms with van der Waals surface area (Å²) in [4.78, 5) is 4.34. The molecule has 0 amide bonds. The number of nitrogens with zero attached hydrogens (tertiary/aromatic N) is 4. The van der Waals surface area contributed by atoms with Crippen molar-refractivity contribution >= 4 is 53.0 Å². The fourth-order valence-electron chi connectivity index (χ4n) is 5.83. The van der Waals surface area contributed by atoms with Crippen molar-refractivity contribution in [1.82, 2.24) is 8.61 Å². The van der Waals surface area contributed by atoms with Gasteiger partial charge in [-0.1, -0.05) is 48.5 Å². The molecule has 0 aliphatic carbocycles. The molecule has 0 N–H and O–H groups in total. The molecule has 4 aromatic rings. The lowest BCUT2D eigenvalue weighted by molar-refractivity contribution is 0.0421. The molecule has 0 atom stereocenters. The first-order valence-electron chi connectivity index (χ1n) is 15.6. The van der Waals surface area contributed by atoms with E-state index in [1.54, 1.807) is 24.3 Å². The summed E-state index contributed by atoms with van der Waals surface area (Å²) in [5.41, 5.74) is 1.84. The zero-order chi connectivity index (χ0) is 33.6. The van der Waals surface area contributed by atoms with Gasteiger partial charge in [0.05, 0.1) is 49.4 Å². The maximum absolute atomic E-state index is 14.1. The second-order valence-electron chi connectivity index (χ2n) is 11.7. The van der Waals surface area contributed by atoms with Crippen molar-refractivity contribution in [3.8, 4) is 0 Å². The predicted molar refractivity (Wildman–Crippen MR) is 187 cm³/mol. The minimum Gasteiger partial charge on any atom is -0.379 e. The molecular weight excluding hydrogens is 641 g/mol.